The van der Waals surface area contributed by atoms with Crippen LogP contribution in [0.15, 0.2) is 24.3 Å². The number of carbonyl (C=O) groups excluding carboxylic acids is 1. The molecule has 2 rings (SSSR count). The Morgan fingerprint density at radius 1 is 1.40 bits per heavy atom. The lowest BCUT2D eigenvalue weighted by Crippen LogP contribution is -2.37. The Labute approximate surface area is 122 Å². The molecule has 0 amide bonds. The summed E-state index contributed by atoms with van der Waals surface area (Å²) in [4.78, 5) is 17.0. The van der Waals surface area contributed by atoms with Crippen molar-refractivity contribution in [1.82, 2.24) is 9.80 Å². The number of benzene rings is 1. The van der Waals surface area contributed by atoms with Crippen LogP contribution in [0, 0.1) is 6.92 Å². The quantitative estimate of drug-likeness (QED) is 0.745. The number of ketones is 1. The molecule has 1 unspecified atom stereocenters. The van der Waals surface area contributed by atoms with Crippen molar-refractivity contribution in [3.05, 3.63) is 35.4 Å². The van der Waals surface area contributed by atoms with Gasteiger partial charge in [0.05, 0.1) is 0 Å². The van der Waals surface area contributed by atoms with Crippen molar-refractivity contribution in [2.75, 3.05) is 33.7 Å². The number of rotatable bonds is 6. The van der Waals surface area contributed by atoms with Gasteiger partial charge in [-0.05, 0) is 46.0 Å². The van der Waals surface area contributed by atoms with E-state index in [1.54, 1.807) is 0 Å². The van der Waals surface area contributed by atoms with E-state index in [9.17, 15) is 4.79 Å². The lowest BCUT2D eigenvalue weighted by atomic mass is 10.0. The van der Waals surface area contributed by atoms with Gasteiger partial charge in [0, 0.05) is 31.1 Å². The molecule has 1 fully saturated rings. The summed E-state index contributed by atoms with van der Waals surface area (Å²) in [6.45, 7) is 5.13. The van der Waals surface area contributed by atoms with E-state index in [-0.39, 0.29) is 5.78 Å². The molecule has 3 heteroatoms. The van der Waals surface area contributed by atoms with Gasteiger partial charge in [-0.2, -0.15) is 0 Å². The second-order valence-corrected chi connectivity index (χ2v) is 6.03. The van der Waals surface area contributed by atoms with Gasteiger partial charge in [-0.15, -0.1) is 0 Å². The fourth-order valence-corrected chi connectivity index (χ4v) is 2.97. The number of hydrogen-bond donors (Lipinski definition) is 0. The van der Waals surface area contributed by atoms with E-state index in [0.29, 0.717) is 12.5 Å². The molecule has 1 aromatic carbocycles. The molecule has 1 heterocycles. The maximum absolute atomic E-state index is 12.2. The van der Waals surface area contributed by atoms with Crippen molar-refractivity contribution < 1.29 is 4.79 Å². The number of likely N-dealkylation sites (tertiary alicyclic amines) is 1. The Bertz CT molecular complexity index is 458. The zero-order valence-electron chi connectivity index (χ0n) is 12.9. The van der Waals surface area contributed by atoms with E-state index < -0.39 is 0 Å². The predicted molar refractivity (Wildman–Crippen MR) is 83.3 cm³/mol. The van der Waals surface area contributed by atoms with Gasteiger partial charge in [-0.3, -0.25) is 4.79 Å². The molecule has 20 heavy (non-hydrogen) atoms. The maximum atomic E-state index is 12.2. The van der Waals surface area contributed by atoms with E-state index in [0.717, 1.165) is 24.2 Å². The third-order valence-electron chi connectivity index (χ3n) is 4.36. The van der Waals surface area contributed by atoms with Crippen molar-refractivity contribution in [1.29, 1.82) is 0 Å². The van der Waals surface area contributed by atoms with Crippen LogP contribution in [0.2, 0.25) is 0 Å². The highest BCUT2D eigenvalue weighted by atomic mass is 16.1. The zero-order valence-corrected chi connectivity index (χ0v) is 12.9. The number of likely N-dealkylation sites (N-methyl/N-ethyl adjacent to an activating group) is 2. The van der Waals surface area contributed by atoms with Gasteiger partial charge in [-0.1, -0.05) is 24.3 Å². The van der Waals surface area contributed by atoms with Crippen molar-refractivity contribution in [3.8, 4) is 0 Å². The second-order valence-electron chi connectivity index (χ2n) is 6.03. The summed E-state index contributed by atoms with van der Waals surface area (Å²) in [6, 6.07) is 8.52. The van der Waals surface area contributed by atoms with Gasteiger partial charge in [0.25, 0.3) is 0 Å². The molecule has 0 aliphatic carbocycles. The standard InChI is InChI=1S/C17H26N2O/c1-14-7-4-5-9-16(14)17(20)10-12-18(2)13-15-8-6-11-19(15)3/h4-5,7,9,15H,6,8,10-13H2,1-3H3. The molecule has 1 saturated heterocycles. The third kappa shape index (κ3) is 3.90. The molecule has 1 aliphatic heterocycles. The molecule has 0 aromatic heterocycles. The van der Waals surface area contributed by atoms with E-state index >= 15 is 0 Å². The topological polar surface area (TPSA) is 23.6 Å². The summed E-state index contributed by atoms with van der Waals surface area (Å²) < 4.78 is 0. The molecular weight excluding hydrogens is 248 g/mol. The number of carbonyl (C=O) groups is 1. The number of Topliss-reactive ketones (excluding diaryl/α,β-unsaturated/α-hetero) is 1. The lowest BCUT2D eigenvalue weighted by molar-refractivity contribution is 0.0963. The van der Waals surface area contributed by atoms with Gasteiger partial charge >= 0.3 is 0 Å². The Morgan fingerprint density at radius 2 is 2.15 bits per heavy atom. The summed E-state index contributed by atoms with van der Waals surface area (Å²) >= 11 is 0. The van der Waals surface area contributed by atoms with Crippen LogP contribution in [-0.4, -0.2) is 55.4 Å². The predicted octanol–water partition coefficient (Wildman–Crippen LogP) is 2.59. The van der Waals surface area contributed by atoms with Crippen molar-refractivity contribution in [2.45, 2.75) is 32.2 Å². The van der Waals surface area contributed by atoms with E-state index in [1.165, 1.54) is 19.4 Å². The van der Waals surface area contributed by atoms with Crippen LogP contribution >= 0.6 is 0 Å². The van der Waals surface area contributed by atoms with Crippen molar-refractivity contribution in [3.63, 3.8) is 0 Å². The molecule has 3 nitrogen and oxygen atoms in total. The van der Waals surface area contributed by atoms with E-state index in [2.05, 4.69) is 23.9 Å². The fourth-order valence-electron chi connectivity index (χ4n) is 2.97. The first-order valence-corrected chi connectivity index (χ1v) is 7.55. The molecule has 0 spiro atoms. The molecular formula is C17H26N2O. The maximum Gasteiger partial charge on any atom is 0.164 e. The van der Waals surface area contributed by atoms with Crippen LogP contribution in [0.4, 0.5) is 0 Å². The number of nitrogens with zero attached hydrogens (tertiary/aromatic N) is 2. The number of aryl methyl sites for hydroxylation is 1. The summed E-state index contributed by atoms with van der Waals surface area (Å²) in [5.74, 6) is 0.259. The van der Waals surface area contributed by atoms with Crippen molar-refractivity contribution >= 4 is 5.78 Å². The average Bonchev–Trinajstić information content (AvgIpc) is 2.82. The molecule has 0 bridgehead atoms. The Hall–Kier alpha value is -1.19. The zero-order chi connectivity index (χ0) is 14.5. The van der Waals surface area contributed by atoms with Crippen LogP contribution in [0.25, 0.3) is 0 Å². The third-order valence-corrected chi connectivity index (χ3v) is 4.36. The molecule has 0 saturated carbocycles. The minimum atomic E-state index is 0.259. The summed E-state index contributed by atoms with van der Waals surface area (Å²) in [5, 5.41) is 0. The molecule has 1 atom stereocenters. The molecule has 110 valence electrons. The number of hydrogen-bond acceptors (Lipinski definition) is 3. The minimum Gasteiger partial charge on any atom is -0.304 e. The lowest BCUT2D eigenvalue weighted by Gasteiger charge is -2.25. The Balaban J connectivity index is 1.80. The minimum absolute atomic E-state index is 0.259. The summed E-state index contributed by atoms with van der Waals surface area (Å²) in [6.07, 6.45) is 3.20. The Kier molecular flexibility index (Phi) is 5.32. The van der Waals surface area contributed by atoms with Crippen LogP contribution in [0.5, 0.6) is 0 Å². The van der Waals surface area contributed by atoms with Gasteiger partial charge < -0.3 is 9.80 Å². The Morgan fingerprint density at radius 3 is 2.80 bits per heavy atom. The largest absolute Gasteiger partial charge is 0.304 e. The first kappa shape index (κ1) is 15.2. The smallest absolute Gasteiger partial charge is 0.164 e. The van der Waals surface area contributed by atoms with Gasteiger partial charge in [0.15, 0.2) is 5.78 Å². The first-order valence-electron chi connectivity index (χ1n) is 7.55. The molecule has 1 aliphatic rings. The fraction of sp³-hybridized carbons (Fsp3) is 0.588. The summed E-state index contributed by atoms with van der Waals surface area (Å²) in [7, 11) is 4.32. The van der Waals surface area contributed by atoms with Crippen LogP contribution in [-0.2, 0) is 0 Å². The highest BCUT2D eigenvalue weighted by Gasteiger charge is 2.22. The van der Waals surface area contributed by atoms with Crippen LogP contribution in [0.3, 0.4) is 0 Å². The van der Waals surface area contributed by atoms with Crippen molar-refractivity contribution in [2.24, 2.45) is 0 Å². The highest BCUT2D eigenvalue weighted by Crippen LogP contribution is 2.16. The summed E-state index contributed by atoms with van der Waals surface area (Å²) in [5.41, 5.74) is 1.95. The van der Waals surface area contributed by atoms with E-state index in [4.69, 9.17) is 0 Å². The molecule has 1 aromatic rings. The highest BCUT2D eigenvalue weighted by molar-refractivity contribution is 5.97. The average molecular weight is 274 g/mol. The van der Waals surface area contributed by atoms with Gasteiger partial charge in [0.2, 0.25) is 0 Å². The van der Waals surface area contributed by atoms with Gasteiger partial charge in [0.1, 0.15) is 0 Å². The van der Waals surface area contributed by atoms with Crippen LogP contribution in [0.1, 0.15) is 35.2 Å². The van der Waals surface area contributed by atoms with E-state index in [1.807, 2.05) is 31.2 Å². The normalized spacial score (nSPS) is 19.7. The molecule has 0 radical (unpaired) electrons. The van der Waals surface area contributed by atoms with Crippen LogP contribution < -0.4 is 0 Å². The molecule has 0 N–H and O–H groups in total. The monoisotopic (exact) mass is 274 g/mol. The second kappa shape index (κ2) is 7.00. The SMILES string of the molecule is Cc1ccccc1C(=O)CCN(C)CC1CCCN1C. The van der Waals surface area contributed by atoms with Gasteiger partial charge in [-0.25, -0.2) is 0 Å². The first-order chi connectivity index (χ1) is 9.58.